The van der Waals surface area contributed by atoms with E-state index in [2.05, 4.69) is 75.5 Å². The molecule has 0 aliphatic rings. The Hall–Kier alpha value is -1.60. The normalized spacial score (nSPS) is 12.4. The molecule has 0 bridgehead atoms. The topological polar surface area (TPSA) is 12.0 Å². The van der Waals surface area contributed by atoms with Crippen molar-refractivity contribution >= 4 is 0 Å². The van der Waals surface area contributed by atoms with E-state index >= 15 is 0 Å². The van der Waals surface area contributed by atoms with E-state index in [9.17, 15) is 0 Å². The number of hydrogen-bond acceptors (Lipinski definition) is 1. The van der Waals surface area contributed by atoms with Crippen LogP contribution in [0.4, 0.5) is 0 Å². The molecule has 2 aromatic rings. The van der Waals surface area contributed by atoms with Crippen LogP contribution < -0.4 is 5.32 Å². The van der Waals surface area contributed by atoms with Crippen molar-refractivity contribution in [3.05, 3.63) is 70.3 Å². The molecule has 1 unspecified atom stereocenters. The zero-order valence-corrected chi connectivity index (χ0v) is 13.7. The fourth-order valence-corrected chi connectivity index (χ4v) is 2.90. The van der Waals surface area contributed by atoms with Gasteiger partial charge in [-0.2, -0.15) is 0 Å². The first kappa shape index (κ1) is 15.8. The Morgan fingerprint density at radius 3 is 2.52 bits per heavy atom. The van der Waals surface area contributed by atoms with Gasteiger partial charge in [-0.05, 0) is 49.1 Å². The van der Waals surface area contributed by atoms with Crippen LogP contribution in [0.3, 0.4) is 0 Å². The van der Waals surface area contributed by atoms with E-state index in [0.717, 1.165) is 13.0 Å². The lowest BCUT2D eigenvalue weighted by atomic mass is 9.92. The molecule has 0 aliphatic heterocycles. The molecule has 0 radical (unpaired) electrons. The van der Waals surface area contributed by atoms with Crippen molar-refractivity contribution in [2.24, 2.45) is 0 Å². The van der Waals surface area contributed by atoms with Crippen LogP contribution in [0.25, 0.3) is 0 Å². The van der Waals surface area contributed by atoms with Crippen molar-refractivity contribution in [3.63, 3.8) is 0 Å². The van der Waals surface area contributed by atoms with Gasteiger partial charge < -0.3 is 5.32 Å². The van der Waals surface area contributed by atoms with Crippen LogP contribution >= 0.6 is 0 Å². The van der Waals surface area contributed by atoms with Crippen LogP contribution in [0, 0.1) is 13.8 Å². The molecule has 0 saturated heterocycles. The quantitative estimate of drug-likeness (QED) is 0.789. The maximum absolute atomic E-state index is 3.65. The van der Waals surface area contributed by atoms with Gasteiger partial charge >= 0.3 is 0 Å². The van der Waals surface area contributed by atoms with Gasteiger partial charge in [-0.1, -0.05) is 68.3 Å². The summed E-state index contributed by atoms with van der Waals surface area (Å²) in [4.78, 5) is 0. The van der Waals surface area contributed by atoms with E-state index in [1.165, 1.54) is 34.2 Å². The number of aryl methyl sites for hydroxylation is 3. The summed E-state index contributed by atoms with van der Waals surface area (Å²) in [5, 5.41) is 3.65. The number of hydrogen-bond donors (Lipinski definition) is 1. The van der Waals surface area contributed by atoms with Crippen molar-refractivity contribution in [2.45, 2.75) is 46.6 Å². The maximum atomic E-state index is 3.65. The van der Waals surface area contributed by atoms with E-state index in [-0.39, 0.29) is 6.04 Å². The van der Waals surface area contributed by atoms with Gasteiger partial charge in [0, 0.05) is 0 Å². The number of rotatable bonds is 6. The van der Waals surface area contributed by atoms with Crippen LogP contribution in [0.2, 0.25) is 0 Å². The predicted octanol–water partition coefficient (Wildman–Crippen LogP) is 4.95. The lowest BCUT2D eigenvalue weighted by Gasteiger charge is -2.22. The van der Waals surface area contributed by atoms with Gasteiger partial charge in [0.05, 0.1) is 6.04 Å². The van der Waals surface area contributed by atoms with Crippen LogP contribution in [-0.4, -0.2) is 6.54 Å². The van der Waals surface area contributed by atoms with Crippen molar-refractivity contribution in [1.82, 2.24) is 5.32 Å². The average molecular weight is 281 g/mol. The van der Waals surface area contributed by atoms with Gasteiger partial charge in [0.1, 0.15) is 0 Å². The molecule has 0 heterocycles. The lowest BCUT2D eigenvalue weighted by Crippen LogP contribution is -2.23. The Morgan fingerprint density at radius 1 is 1.00 bits per heavy atom. The van der Waals surface area contributed by atoms with E-state index in [1.54, 1.807) is 0 Å². The number of nitrogens with one attached hydrogen (secondary N) is 1. The van der Waals surface area contributed by atoms with Crippen LogP contribution in [0.5, 0.6) is 0 Å². The molecule has 0 saturated carbocycles. The Bertz CT molecular complexity index is 586. The second-order valence-corrected chi connectivity index (χ2v) is 5.85. The predicted molar refractivity (Wildman–Crippen MR) is 91.9 cm³/mol. The van der Waals surface area contributed by atoms with Crippen molar-refractivity contribution in [2.75, 3.05) is 6.54 Å². The van der Waals surface area contributed by atoms with Gasteiger partial charge in [0.15, 0.2) is 0 Å². The monoisotopic (exact) mass is 281 g/mol. The van der Waals surface area contributed by atoms with Crippen LogP contribution in [0.1, 0.15) is 54.1 Å². The summed E-state index contributed by atoms with van der Waals surface area (Å²) in [5.74, 6) is 0. The molecule has 0 amide bonds. The highest BCUT2D eigenvalue weighted by molar-refractivity contribution is 5.40. The van der Waals surface area contributed by atoms with Crippen molar-refractivity contribution in [1.29, 1.82) is 0 Å². The minimum atomic E-state index is 0.284. The average Bonchev–Trinajstić information content (AvgIpc) is 2.48. The number of benzene rings is 2. The molecular formula is C20H27N. The van der Waals surface area contributed by atoms with Crippen LogP contribution in [0.15, 0.2) is 42.5 Å². The lowest BCUT2D eigenvalue weighted by molar-refractivity contribution is 0.626. The fraction of sp³-hybridized carbons (Fsp3) is 0.400. The Labute approximate surface area is 129 Å². The summed E-state index contributed by atoms with van der Waals surface area (Å²) >= 11 is 0. The highest BCUT2D eigenvalue weighted by Crippen LogP contribution is 2.26. The molecule has 1 heteroatoms. The zero-order chi connectivity index (χ0) is 15.2. The summed E-state index contributed by atoms with van der Waals surface area (Å²) in [7, 11) is 0. The summed E-state index contributed by atoms with van der Waals surface area (Å²) in [6.45, 7) is 9.75. The molecule has 1 nitrogen and oxygen atoms in total. The maximum Gasteiger partial charge on any atom is 0.0579 e. The first-order valence-electron chi connectivity index (χ1n) is 8.05. The van der Waals surface area contributed by atoms with Crippen LogP contribution in [-0.2, 0) is 6.42 Å². The van der Waals surface area contributed by atoms with Crippen molar-refractivity contribution < 1.29 is 0 Å². The van der Waals surface area contributed by atoms with E-state index in [4.69, 9.17) is 0 Å². The summed E-state index contributed by atoms with van der Waals surface area (Å²) < 4.78 is 0. The second kappa shape index (κ2) is 7.42. The van der Waals surface area contributed by atoms with Gasteiger partial charge in [-0.3, -0.25) is 0 Å². The van der Waals surface area contributed by atoms with Gasteiger partial charge in [0.2, 0.25) is 0 Å². The van der Waals surface area contributed by atoms with Gasteiger partial charge in [-0.15, -0.1) is 0 Å². The van der Waals surface area contributed by atoms with E-state index in [0.29, 0.717) is 0 Å². The fourth-order valence-electron chi connectivity index (χ4n) is 2.90. The molecule has 1 atom stereocenters. The summed E-state index contributed by atoms with van der Waals surface area (Å²) in [6, 6.07) is 16.0. The highest BCUT2D eigenvalue weighted by Gasteiger charge is 2.15. The third-order valence-electron chi connectivity index (χ3n) is 3.98. The molecule has 0 fully saturated rings. The third kappa shape index (κ3) is 3.95. The molecule has 0 spiro atoms. The molecule has 0 aliphatic carbocycles. The molecule has 1 N–H and O–H groups in total. The minimum Gasteiger partial charge on any atom is -0.307 e. The van der Waals surface area contributed by atoms with Gasteiger partial charge in [-0.25, -0.2) is 0 Å². The molecule has 2 aromatic carbocycles. The minimum absolute atomic E-state index is 0.284. The Morgan fingerprint density at radius 2 is 1.81 bits per heavy atom. The molecule has 112 valence electrons. The Kier molecular flexibility index (Phi) is 5.58. The Balaban J connectivity index is 2.42. The molecule has 0 aromatic heterocycles. The molecule has 2 rings (SSSR count). The summed E-state index contributed by atoms with van der Waals surface area (Å²) in [5.41, 5.74) is 6.88. The first-order chi connectivity index (χ1) is 10.2. The summed E-state index contributed by atoms with van der Waals surface area (Å²) in [6.07, 6.45) is 2.35. The van der Waals surface area contributed by atoms with Gasteiger partial charge in [0.25, 0.3) is 0 Å². The molecule has 21 heavy (non-hydrogen) atoms. The van der Waals surface area contributed by atoms with Crippen molar-refractivity contribution in [3.8, 4) is 0 Å². The third-order valence-corrected chi connectivity index (χ3v) is 3.98. The molecular weight excluding hydrogens is 254 g/mol. The zero-order valence-electron chi connectivity index (χ0n) is 13.7. The van der Waals surface area contributed by atoms with E-state index < -0.39 is 0 Å². The smallest absolute Gasteiger partial charge is 0.0579 e. The van der Waals surface area contributed by atoms with E-state index in [1.807, 2.05) is 0 Å². The first-order valence-corrected chi connectivity index (χ1v) is 8.05. The largest absolute Gasteiger partial charge is 0.307 e. The standard InChI is InChI=1S/C20H27N/c1-5-8-17-9-7-10-18(14-17)20(21-6-2)19-13-15(3)11-12-16(19)4/h7,9-14,20-21H,5-6,8H2,1-4H3. The SMILES string of the molecule is CCCc1cccc(C(NCC)c2cc(C)ccc2C)c1. The second-order valence-electron chi connectivity index (χ2n) is 5.85. The highest BCUT2D eigenvalue weighted by atomic mass is 14.9.